The van der Waals surface area contributed by atoms with Crippen LogP contribution in [-0.4, -0.2) is 31.7 Å². The minimum Gasteiger partial charge on any atom is -0.495 e. The van der Waals surface area contributed by atoms with Crippen LogP contribution in [0.5, 0.6) is 5.75 Å². The van der Waals surface area contributed by atoms with Gasteiger partial charge >= 0.3 is 0 Å². The van der Waals surface area contributed by atoms with E-state index in [-0.39, 0.29) is 17.7 Å². The van der Waals surface area contributed by atoms with Gasteiger partial charge in [0.05, 0.1) is 31.3 Å². The van der Waals surface area contributed by atoms with Gasteiger partial charge in [0.15, 0.2) is 0 Å². The van der Waals surface area contributed by atoms with Crippen molar-refractivity contribution in [1.82, 2.24) is 19.5 Å². The van der Waals surface area contributed by atoms with E-state index in [2.05, 4.69) is 15.0 Å². The fourth-order valence-corrected chi connectivity index (χ4v) is 3.16. The highest BCUT2D eigenvalue weighted by molar-refractivity contribution is 6.34. The molecule has 0 aliphatic heterocycles. The van der Waals surface area contributed by atoms with Crippen LogP contribution in [0.1, 0.15) is 22.4 Å². The van der Waals surface area contributed by atoms with Gasteiger partial charge in [-0.1, -0.05) is 11.6 Å². The van der Waals surface area contributed by atoms with Gasteiger partial charge in [-0.05, 0) is 25.0 Å². The normalized spacial score (nSPS) is 11.2. The third kappa shape index (κ3) is 2.65. The topological polar surface area (TPSA) is 99.1 Å². The maximum atomic E-state index is 9.59. The third-order valence-corrected chi connectivity index (χ3v) is 4.32. The lowest BCUT2D eigenvalue weighted by atomic mass is 10.1. The quantitative estimate of drug-likeness (QED) is 0.702. The van der Waals surface area contributed by atoms with Gasteiger partial charge in [-0.25, -0.2) is 4.98 Å². The summed E-state index contributed by atoms with van der Waals surface area (Å²) in [5, 5.41) is 10.4. The number of hydrogen-bond acceptors (Lipinski definition) is 6. The van der Waals surface area contributed by atoms with Crippen molar-refractivity contribution < 1.29 is 9.84 Å². The highest BCUT2D eigenvalue weighted by Crippen LogP contribution is 2.29. The number of nitrogens with zero attached hydrogens (tertiary/aromatic N) is 4. The number of aromatic nitrogens is 4. The zero-order chi connectivity index (χ0) is 17.4. The first-order valence-electron chi connectivity index (χ1n) is 7.36. The molecule has 0 spiro atoms. The number of rotatable bonds is 4. The van der Waals surface area contributed by atoms with E-state index in [4.69, 9.17) is 22.1 Å². The van der Waals surface area contributed by atoms with E-state index in [9.17, 15) is 5.11 Å². The zero-order valence-corrected chi connectivity index (χ0v) is 14.4. The molecule has 7 nitrogen and oxygen atoms in total. The molecule has 0 bridgehead atoms. The first kappa shape index (κ1) is 16.5. The Hall–Kier alpha value is -2.38. The number of anilines is 1. The van der Waals surface area contributed by atoms with Crippen molar-refractivity contribution in [3.05, 3.63) is 39.9 Å². The Morgan fingerprint density at radius 1 is 1.29 bits per heavy atom. The Labute approximate surface area is 144 Å². The van der Waals surface area contributed by atoms with E-state index in [1.54, 1.807) is 13.3 Å². The van der Waals surface area contributed by atoms with Gasteiger partial charge in [0.2, 0.25) is 5.95 Å². The molecule has 3 aromatic heterocycles. The molecule has 0 radical (unpaired) electrons. The van der Waals surface area contributed by atoms with Gasteiger partial charge in [-0.3, -0.25) is 4.98 Å². The molecule has 3 rings (SSSR count). The number of halogens is 1. The fraction of sp³-hybridized carbons (Fsp3) is 0.312. The number of ether oxygens (including phenoxy) is 1. The average molecular weight is 348 g/mol. The molecule has 0 saturated heterocycles. The predicted octanol–water partition coefficient (Wildman–Crippen LogP) is 2.23. The van der Waals surface area contributed by atoms with E-state index in [1.165, 1.54) is 0 Å². The summed E-state index contributed by atoms with van der Waals surface area (Å²) >= 11 is 6.17. The molecule has 3 N–H and O–H groups in total. The van der Waals surface area contributed by atoms with Crippen molar-refractivity contribution in [2.75, 3.05) is 12.8 Å². The molecular formula is C16H18ClN5O2. The third-order valence-electron chi connectivity index (χ3n) is 4.05. The van der Waals surface area contributed by atoms with Crippen molar-refractivity contribution in [2.45, 2.75) is 27.0 Å². The van der Waals surface area contributed by atoms with Crippen LogP contribution in [0, 0.1) is 13.8 Å². The molecule has 0 aliphatic carbocycles. The Bertz CT molecular complexity index is 923. The summed E-state index contributed by atoms with van der Waals surface area (Å²) in [7, 11) is 1.63. The highest BCUT2D eigenvalue weighted by Gasteiger charge is 2.17. The summed E-state index contributed by atoms with van der Waals surface area (Å²) in [5.74, 6) is 0.853. The Morgan fingerprint density at radius 2 is 2.04 bits per heavy atom. The van der Waals surface area contributed by atoms with Crippen LogP contribution >= 0.6 is 11.6 Å². The van der Waals surface area contributed by atoms with Crippen LogP contribution in [-0.2, 0) is 13.2 Å². The van der Waals surface area contributed by atoms with E-state index in [1.807, 2.05) is 24.6 Å². The summed E-state index contributed by atoms with van der Waals surface area (Å²) in [6.45, 7) is 4.22. The van der Waals surface area contributed by atoms with Gasteiger partial charge in [-0.15, -0.1) is 0 Å². The lowest BCUT2D eigenvalue weighted by Gasteiger charge is -2.13. The van der Waals surface area contributed by atoms with Crippen LogP contribution in [0.25, 0.3) is 11.0 Å². The van der Waals surface area contributed by atoms with Gasteiger partial charge in [0, 0.05) is 18.0 Å². The van der Waals surface area contributed by atoms with Crippen LogP contribution in [0.15, 0.2) is 12.4 Å². The zero-order valence-electron chi connectivity index (χ0n) is 13.7. The Balaban J connectivity index is 2.15. The van der Waals surface area contributed by atoms with Gasteiger partial charge in [0.1, 0.15) is 16.5 Å². The number of nitrogen functional groups attached to an aromatic ring is 1. The molecule has 126 valence electrons. The van der Waals surface area contributed by atoms with Crippen LogP contribution in [0.3, 0.4) is 0 Å². The van der Waals surface area contributed by atoms with Crippen molar-refractivity contribution in [3.63, 3.8) is 0 Å². The summed E-state index contributed by atoms with van der Waals surface area (Å²) in [6.07, 6.45) is 3.61. The first-order valence-corrected chi connectivity index (χ1v) is 7.74. The van der Waals surface area contributed by atoms with Gasteiger partial charge < -0.3 is 20.1 Å². The number of fused-ring (bicyclic) bond motifs is 1. The van der Waals surface area contributed by atoms with Crippen molar-refractivity contribution >= 4 is 28.6 Å². The number of nitrogens with two attached hydrogens (primary N) is 1. The van der Waals surface area contributed by atoms with Crippen LogP contribution in [0.2, 0.25) is 5.15 Å². The molecule has 0 aliphatic rings. The number of pyridine rings is 1. The first-order chi connectivity index (χ1) is 11.5. The predicted molar refractivity (Wildman–Crippen MR) is 92.2 cm³/mol. The number of hydrogen-bond donors (Lipinski definition) is 2. The second-order valence-corrected chi connectivity index (χ2v) is 5.90. The number of methoxy groups -OCH3 is 1. The maximum Gasteiger partial charge on any atom is 0.223 e. The Kier molecular flexibility index (Phi) is 4.29. The molecule has 0 unspecified atom stereocenters. The lowest BCUT2D eigenvalue weighted by molar-refractivity contribution is 0.283. The van der Waals surface area contributed by atoms with Gasteiger partial charge in [-0.2, -0.15) is 4.98 Å². The second-order valence-electron chi connectivity index (χ2n) is 5.54. The summed E-state index contributed by atoms with van der Waals surface area (Å²) in [5.41, 5.74) is 9.77. The molecule has 3 aromatic rings. The summed E-state index contributed by atoms with van der Waals surface area (Å²) in [6, 6.07) is 0. The molecule has 24 heavy (non-hydrogen) atoms. The molecule has 8 heteroatoms. The standard InChI is InChI=1S/C16H18ClN5O2/c1-8-10(4-19-9(2)13(8)24-3)5-22-6-11(7-23)12-14(17)20-16(18)21-15(12)22/h4,6,23H,5,7H2,1-3H3,(H2,18,20,21). The van der Waals surface area contributed by atoms with Crippen LogP contribution in [0.4, 0.5) is 5.95 Å². The minimum atomic E-state index is -0.162. The lowest BCUT2D eigenvalue weighted by Crippen LogP contribution is -2.06. The van der Waals surface area contributed by atoms with Crippen LogP contribution < -0.4 is 10.5 Å². The smallest absolute Gasteiger partial charge is 0.223 e. The molecule has 0 amide bonds. The molecule has 0 fully saturated rings. The Morgan fingerprint density at radius 3 is 2.71 bits per heavy atom. The van der Waals surface area contributed by atoms with E-state index >= 15 is 0 Å². The number of aryl methyl sites for hydroxylation is 1. The van der Waals surface area contributed by atoms with Crippen molar-refractivity contribution in [1.29, 1.82) is 0 Å². The molecular weight excluding hydrogens is 330 g/mol. The van der Waals surface area contributed by atoms with Crippen molar-refractivity contribution in [2.24, 2.45) is 0 Å². The monoisotopic (exact) mass is 347 g/mol. The largest absolute Gasteiger partial charge is 0.495 e. The van der Waals surface area contributed by atoms with E-state index in [0.717, 1.165) is 22.6 Å². The number of aliphatic hydroxyl groups excluding tert-OH is 1. The van der Waals surface area contributed by atoms with Crippen molar-refractivity contribution in [3.8, 4) is 5.75 Å². The highest BCUT2D eigenvalue weighted by atomic mass is 35.5. The summed E-state index contributed by atoms with van der Waals surface area (Å²) in [4.78, 5) is 12.6. The van der Waals surface area contributed by atoms with Gasteiger partial charge in [0.25, 0.3) is 0 Å². The molecule has 3 heterocycles. The molecule has 0 saturated carbocycles. The summed E-state index contributed by atoms with van der Waals surface area (Å²) < 4.78 is 7.31. The minimum absolute atomic E-state index is 0.0904. The fourth-order valence-electron chi connectivity index (χ4n) is 2.87. The molecule has 0 aromatic carbocycles. The molecule has 0 atom stereocenters. The van der Waals surface area contributed by atoms with E-state index < -0.39 is 0 Å². The van der Waals surface area contributed by atoms with E-state index in [0.29, 0.717) is 23.1 Å². The second kappa shape index (κ2) is 6.26. The SMILES string of the molecule is COc1c(C)ncc(Cn2cc(CO)c3c(Cl)nc(N)nc32)c1C. The maximum absolute atomic E-state index is 9.59. The number of aliphatic hydroxyl groups is 1. The average Bonchev–Trinajstić information content (AvgIpc) is 2.88.